The third-order valence-electron chi connectivity index (χ3n) is 2.17. The Morgan fingerprint density at radius 1 is 1.12 bits per heavy atom. The fraction of sp³-hybridized carbons (Fsp3) is 0. The minimum absolute atomic E-state index is 0.0868. The summed E-state index contributed by atoms with van der Waals surface area (Å²) >= 11 is 0. The summed E-state index contributed by atoms with van der Waals surface area (Å²) in [5.74, 6) is -0.405. The summed E-state index contributed by atoms with van der Waals surface area (Å²) in [5, 5.41) is 10.7. The van der Waals surface area contributed by atoms with Crippen LogP contribution in [0.2, 0.25) is 0 Å². The van der Waals surface area contributed by atoms with Gasteiger partial charge in [-0.15, -0.1) is 0 Å². The molecule has 5 nitrogen and oxygen atoms in total. The molecule has 0 atom stereocenters. The van der Waals surface area contributed by atoms with Crippen LogP contribution >= 0.6 is 0 Å². The van der Waals surface area contributed by atoms with Crippen molar-refractivity contribution in [1.82, 2.24) is 4.57 Å². The van der Waals surface area contributed by atoms with Gasteiger partial charge in [0.25, 0.3) is 11.6 Å². The van der Waals surface area contributed by atoms with E-state index in [-0.39, 0.29) is 11.3 Å². The number of rotatable bonds is 2. The van der Waals surface area contributed by atoms with E-state index in [9.17, 15) is 14.9 Å². The zero-order chi connectivity index (χ0) is 11.5. The van der Waals surface area contributed by atoms with E-state index < -0.39 is 10.8 Å². The molecule has 2 aromatic rings. The van der Waals surface area contributed by atoms with Gasteiger partial charge in [-0.1, -0.05) is 12.1 Å². The molecule has 1 heterocycles. The summed E-state index contributed by atoms with van der Waals surface area (Å²) in [7, 11) is 0. The number of hydrogen-bond donors (Lipinski definition) is 0. The predicted octanol–water partition coefficient (Wildman–Crippen LogP) is 2.08. The van der Waals surface area contributed by atoms with Crippen LogP contribution in [0.3, 0.4) is 0 Å². The fourth-order valence-electron chi connectivity index (χ4n) is 1.42. The Hall–Kier alpha value is -2.43. The van der Waals surface area contributed by atoms with Crippen LogP contribution in [0.4, 0.5) is 5.69 Å². The lowest BCUT2D eigenvalue weighted by Crippen LogP contribution is -2.11. The highest BCUT2D eigenvalue weighted by molar-refractivity contribution is 5.99. The number of nitrogens with zero attached hydrogens (tertiary/aromatic N) is 2. The topological polar surface area (TPSA) is 65.1 Å². The van der Waals surface area contributed by atoms with Crippen LogP contribution in [0.5, 0.6) is 0 Å². The lowest BCUT2D eigenvalue weighted by Gasteiger charge is -2.02. The first kappa shape index (κ1) is 10.1. The molecule has 0 radical (unpaired) electrons. The third-order valence-corrected chi connectivity index (χ3v) is 2.17. The maximum Gasteiger partial charge on any atom is 0.282 e. The van der Waals surface area contributed by atoms with Crippen LogP contribution in [0.1, 0.15) is 10.4 Å². The van der Waals surface area contributed by atoms with Crippen molar-refractivity contribution in [2.75, 3.05) is 0 Å². The third kappa shape index (κ3) is 1.70. The second-order valence-corrected chi connectivity index (χ2v) is 3.17. The van der Waals surface area contributed by atoms with Crippen molar-refractivity contribution in [3.8, 4) is 0 Å². The SMILES string of the molecule is O=C(c1ccccc1[N+](=O)[O-])n1cccc1. The van der Waals surface area contributed by atoms with Gasteiger partial charge in [0, 0.05) is 18.5 Å². The van der Waals surface area contributed by atoms with Gasteiger partial charge in [-0.2, -0.15) is 0 Å². The average Bonchev–Trinajstić information content (AvgIpc) is 2.81. The molecule has 5 heteroatoms. The standard InChI is InChI=1S/C11H8N2O3/c14-11(12-7-3-4-8-12)9-5-1-2-6-10(9)13(15)16/h1-8H. The Balaban J connectivity index is 2.49. The minimum Gasteiger partial charge on any atom is -0.290 e. The van der Waals surface area contributed by atoms with E-state index in [1.807, 2.05) is 0 Å². The molecule has 0 saturated heterocycles. The lowest BCUT2D eigenvalue weighted by molar-refractivity contribution is -0.385. The van der Waals surface area contributed by atoms with Crippen LogP contribution in [0.25, 0.3) is 0 Å². The minimum atomic E-state index is -0.559. The van der Waals surface area contributed by atoms with E-state index in [0.717, 1.165) is 0 Å². The first-order valence-electron chi connectivity index (χ1n) is 4.61. The van der Waals surface area contributed by atoms with Crippen LogP contribution in [-0.4, -0.2) is 15.4 Å². The number of hydrogen-bond acceptors (Lipinski definition) is 3. The summed E-state index contributed by atoms with van der Waals surface area (Å²) in [6, 6.07) is 9.27. The van der Waals surface area contributed by atoms with E-state index >= 15 is 0 Å². The van der Waals surface area contributed by atoms with Gasteiger partial charge in [-0.3, -0.25) is 19.5 Å². The molecular formula is C11H8N2O3. The van der Waals surface area contributed by atoms with E-state index in [2.05, 4.69) is 0 Å². The van der Waals surface area contributed by atoms with Gasteiger partial charge < -0.3 is 0 Å². The molecule has 0 bridgehead atoms. The maximum atomic E-state index is 11.9. The van der Waals surface area contributed by atoms with E-state index in [1.165, 1.54) is 22.8 Å². The Bertz CT molecular complexity index is 532. The summed E-state index contributed by atoms with van der Waals surface area (Å²) in [4.78, 5) is 22.1. The summed E-state index contributed by atoms with van der Waals surface area (Å²) < 4.78 is 1.31. The number of benzene rings is 1. The number of nitro benzene ring substituents is 1. The molecule has 0 aliphatic heterocycles. The predicted molar refractivity (Wildman–Crippen MR) is 57.3 cm³/mol. The zero-order valence-corrected chi connectivity index (χ0v) is 8.24. The zero-order valence-electron chi connectivity index (χ0n) is 8.24. The van der Waals surface area contributed by atoms with Gasteiger partial charge in [0.15, 0.2) is 0 Å². The number of carbonyl (C=O) groups excluding carboxylic acids is 1. The van der Waals surface area contributed by atoms with Crippen LogP contribution < -0.4 is 0 Å². The van der Waals surface area contributed by atoms with Crippen molar-refractivity contribution in [3.63, 3.8) is 0 Å². The van der Waals surface area contributed by atoms with Crippen molar-refractivity contribution >= 4 is 11.6 Å². The maximum absolute atomic E-state index is 11.9. The van der Waals surface area contributed by atoms with Gasteiger partial charge >= 0.3 is 0 Å². The van der Waals surface area contributed by atoms with Gasteiger partial charge in [0.1, 0.15) is 5.56 Å². The molecule has 0 fully saturated rings. The second-order valence-electron chi connectivity index (χ2n) is 3.17. The van der Waals surface area contributed by atoms with E-state index in [1.54, 1.807) is 30.6 Å². The normalized spacial score (nSPS) is 10.0. The highest BCUT2D eigenvalue weighted by atomic mass is 16.6. The van der Waals surface area contributed by atoms with E-state index in [4.69, 9.17) is 0 Å². The molecule has 0 N–H and O–H groups in total. The lowest BCUT2D eigenvalue weighted by atomic mass is 10.1. The van der Waals surface area contributed by atoms with Crippen LogP contribution in [0.15, 0.2) is 48.8 Å². The fourth-order valence-corrected chi connectivity index (χ4v) is 1.42. The highest BCUT2D eigenvalue weighted by Gasteiger charge is 2.19. The second kappa shape index (κ2) is 3.98. The summed E-state index contributed by atoms with van der Waals surface area (Å²) in [6.45, 7) is 0. The molecular weight excluding hydrogens is 208 g/mol. The molecule has 2 rings (SSSR count). The van der Waals surface area contributed by atoms with Crippen LogP contribution in [-0.2, 0) is 0 Å². The van der Waals surface area contributed by atoms with Crippen molar-refractivity contribution < 1.29 is 9.72 Å². The van der Waals surface area contributed by atoms with E-state index in [0.29, 0.717) is 0 Å². The molecule has 0 spiro atoms. The summed E-state index contributed by atoms with van der Waals surface area (Å²) in [5.41, 5.74) is -0.0927. The molecule has 0 aliphatic carbocycles. The molecule has 0 amide bonds. The molecule has 0 unspecified atom stereocenters. The molecule has 16 heavy (non-hydrogen) atoms. The first-order chi connectivity index (χ1) is 7.70. The van der Waals surface area contributed by atoms with Crippen molar-refractivity contribution in [1.29, 1.82) is 0 Å². The van der Waals surface area contributed by atoms with Crippen molar-refractivity contribution in [3.05, 3.63) is 64.5 Å². The smallest absolute Gasteiger partial charge is 0.282 e. The monoisotopic (exact) mass is 216 g/mol. The number of carbonyl (C=O) groups is 1. The Labute approximate surface area is 91.1 Å². The molecule has 0 saturated carbocycles. The number of aromatic nitrogens is 1. The van der Waals surface area contributed by atoms with Gasteiger partial charge in [0.2, 0.25) is 0 Å². The summed E-state index contributed by atoms with van der Waals surface area (Å²) in [6.07, 6.45) is 3.11. The molecule has 80 valence electrons. The van der Waals surface area contributed by atoms with Gasteiger partial charge in [0.05, 0.1) is 4.92 Å². The quantitative estimate of drug-likeness (QED) is 0.570. The molecule has 1 aromatic heterocycles. The van der Waals surface area contributed by atoms with Gasteiger partial charge in [-0.05, 0) is 18.2 Å². The number of para-hydroxylation sites is 1. The molecule has 0 aliphatic rings. The van der Waals surface area contributed by atoms with Crippen molar-refractivity contribution in [2.24, 2.45) is 0 Å². The average molecular weight is 216 g/mol. The van der Waals surface area contributed by atoms with Crippen molar-refractivity contribution in [2.45, 2.75) is 0 Å². The first-order valence-corrected chi connectivity index (χ1v) is 4.61. The molecule has 1 aromatic carbocycles. The Morgan fingerprint density at radius 2 is 1.75 bits per heavy atom. The highest BCUT2D eigenvalue weighted by Crippen LogP contribution is 2.18. The number of nitro groups is 1. The van der Waals surface area contributed by atoms with Crippen LogP contribution in [0, 0.1) is 10.1 Å². The Kier molecular flexibility index (Phi) is 2.51. The Morgan fingerprint density at radius 3 is 2.38 bits per heavy atom. The largest absolute Gasteiger partial charge is 0.290 e. The van der Waals surface area contributed by atoms with Gasteiger partial charge in [-0.25, -0.2) is 0 Å².